The van der Waals surface area contributed by atoms with Crippen molar-refractivity contribution < 1.29 is 9.53 Å². The standard InChI is InChI=1S/C19H23N5O3/c1-2-6-16-21-22-18-19(26)23(14-8-3-4-9-15(14)24(16)18)12-17(25)20-11-13-7-5-10-27-13/h3-4,8-9,13H,2,5-7,10-12H2,1H3,(H,20,25). The Morgan fingerprint density at radius 2 is 2.11 bits per heavy atom. The Morgan fingerprint density at radius 1 is 1.30 bits per heavy atom. The Hall–Kier alpha value is -2.74. The molecule has 4 rings (SSSR count). The molecule has 0 saturated carbocycles. The average molecular weight is 369 g/mol. The number of ether oxygens (including phenoxy) is 1. The molecule has 2 aromatic heterocycles. The number of nitrogens with zero attached hydrogens (tertiary/aromatic N) is 4. The second-order valence-corrected chi connectivity index (χ2v) is 6.84. The van der Waals surface area contributed by atoms with E-state index in [0.29, 0.717) is 12.1 Å². The second-order valence-electron chi connectivity index (χ2n) is 6.84. The van der Waals surface area contributed by atoms with Gasteiger partial charge in [0.05, 0.1) is 17.1 Å². The van der Waals surface area contributed by atoms with Gasteiger partial charge in [0, 0.05) is 19.6 Å². The molecule has 1 aromatic carbocycles. The second kappa shape index (κ2) is 7.48. The van der Waals surface area contributed by atoms with Crippen molar-refractivity contribution in [1.29, 1.82) is 0 Å². The first-order valence-corrected chi connectivity index (χ1v) is 9.43. The molecule has 142 valence electrons. The van der Waals surface area contributed by atoms with E-state index in [4.69, 9.17) is 4.74 Å². The number of carbonyl (C=O) groups excluding carboxylic acids is 1. The zero-order valence-corrected chi connectivity index (χ0v) is 15.4. The number of hydrogen-bond acceptors (Lipinski definition) is 5. The molecule has 3 aromatic rings. The van der Waals surface area contributed by atoms with Crippen LogP contribution in [0.4, 0.5) is 0 Å². The third-order valence-corrected chi connectivity index (χ3v) is 4.91. The van der Waals surface area contributed by atoms with Gasteiger partial charge >= 0.3 is 0 Å². The van der Waals surface area contributed by atoms with Crippen LogP contribution in [-0.2, 0) is 22.5 Å². The average Bonchev–Trinajstić information content (AvgIpc) is 3.34. The fourth-order valence-electron chi connectivity index (χ4n) is 3.59. The molecule has 1 aliphatic heterocycles. The van der Waals surface area contributed by atoms with Crippen molar-refractivity contribution in [3.05, 3.63) is 40.4 Å². The van der Waals surface area contributed by atoms with Crippen molar-refractivity contribution in [3.63, 3.8) is 0 Å². The molecule has 1 N–H and O–H groups in total. The van der Waals surface area contributed by atoms with Crippen LogP contribution in [0.3, 0.4) is 0 Å². The van der Waals surface area contributed by atoms with Gasteiger partial charge in [-0.3, -0.25) is 18.6 Å². The van der Waals surface area contributed by atoms with E-state index in [9.17, 15) is 9.59 Å². The lowest BCUT2D eigenvalue weighted by atomic mass is 10.2. The van der Waals surface area contributed by atoms with Crippen molar-refractivity contribution in [2.45, 2.75) is 45.3 Å². The van der Waals surface area contributed by atoms with Crippen LogP contribution in [0.1, 0.15) is 32.0 Å². The van der Waals surface area contributed by atoms with Crippen LogP contribution in [0.5, 0.6) is 0 Å². The van der Waals surface area contributed by atoms with E-state index in [2.05, 4.69) is 22.4 Å². The number of hydrogen-bond donors (Lipinski definition) is 1. The summed E-state index contributed by atoms with van der Waals surface area (Å²) >= 11 is 0. The topological polar surface area (TPSA) is 90.5 Å². The van der Waals surface area contributed by atoms with E-state index in [1.54, 1.807) is 0 Å². The predicted octanol–water partition coefficient (Wildman–Crippen LogP) is 1.29. The first kappa shape index (κ1) is 17.7. The molecular formula is C19H23N5O3. The number of rotatable bonds is 6. The summed E-state index contributed by atoms with van der Waals surface area (Å²) in [6, 6.07) is 7.53. The first-order valence-electron chi connectivity index (χ1n) is 9.43. The highest BCUT2D eigenvalue weighted by atomic mass is 16.5. The van der Waals surface area contributed by atoms with E-state index in [1.165, 1.54) is 4.57 Å². The van der Waals surface area contributed by atoms with Gasteiger partial charge in [-0.25, -0.2) is 0 Å². The highest BCUT2D eigenvalue weighted by molar-refractivity contribution is 5.82. The summed E-state index contributed by atoms with van der Waals surface area (Å²) in [5.74, 6) is 0.547. The van der Waals surface area contributed by atoms with Gasteiger partial charge in [-0.05, 0) is 31.4 Å². The molecule has 0 aliphatic carbocycles. The lowest BCUT2D eigenvalue weighted by molar-refractivity contribution is -0.122. The summed E-state index contributed by atoms with van der Waals surface area (Å²) in [6.07, 6.45) is 3.68. The summed E-state index contributed by atoms with van der Waals surface area (Å²) in [6.45, 7) is 3.22. The number of benzene rings is 1. The van der Waals surface area contributed by atoms with Crippen molar-refractivity contribution in [1.82, 2.24) is 24.5 Å². The quantitative estimate of drug-likeness (QED) is 0.707. The third kappa shape index (κ3) is 3.32. The largest absolute Gasteiger partial charge is 0.376 e. The summed E-state index contributed by atoms with van der Waals surface area (Å²) in [5, 5.41) is 11.2. The zero-order chi connectivity index (χ0) is 18.8. The van der Waals surface area contributed by atoms with E-state index < -0.39 is 0 Å². The Kier molecular flexibility index (Phi) is 4.89. The molecule has 0 spiro atoms. The molecule has 1 amide bonds. The van der Waals surface area contributed by atoms with Gasteiger partial charge in [0.1, 0.15) is 12.4 Å². The van der Waals surface area contributed by atoms with Crippen molar-refractivity contribution in [2.24, 2.45) is 0 Å². The lowest BCUT2D eigenvalue weighted by Gasteiger charge is -2.14. The lowest BCUT2D eigenvalue weighted by Crippen LogP contribution is -2.37. The molecule has 1 saturated heterocycles. The molecule has 1 aliphatic rings. The van der Waals surface area contributed by atoms with Crippen LogP contribution in [0.25, 0.3) is 16.7 Å². The highest BCUT2D eigenvalue weighted by Crippen LogP contribution is 2.16. The smallest absolute Gasteiger partial charge is 0.297 e. The van der Waals surface area contributed by atoms with Gasteiger partial charge < -0.3 is 10.1 Å². The number of nitrogens with one attached hydrogen (secondary N) is 1. The highest BCUT2D eigenvalue weighted by Gasteiger charge is 2.19. The normalized spacial score (nSPS) is 17.0. The third-order valence-electron chi connectivity index (χ3n) is 4.91. The van der Waals surface area contributed by atoms with Gasteiger partial charge in [-0.2, -0.15) is 0 Å². The minimum Gasteiger partial charge on any atom is -0.376 e. The number of amides is 1. The van der Waals surface area contributed by atoms with Gasteiger partial charge in [0.15, 0.2) is 0 Å². The van der Waals surface area contributed by atoms with Crippen LogP contribution in [0.2, 0.25) is 0 Å². The van der Waals surface area contributed by atoms with Crippen LogP contribution < -0.4 is 10.9 Å². The summed E-state index contributed by atoms with van der Waals surface area (Å²) in [7, 11) is 0. The van der Waals surface area contributed by atoms with Crippen LogP contribution in [0.15, 0.2) is 29.1 Å². The fraction of sp³-hybridized carbons (Fsp3) is 0.474. The first-order chi connectivity index (χ1) is 13.2. The number of aromatic nitrogens is 4. The Bertz CT molecular complexity index is 1030. The summed E-state index contributed by atoms with van der Waals surface area (Å²) < 4.78 is 8.81. The monoisotopic (exact) mass is 369 g/mol. The number of carbonyl (C=O) groups is 1. The van der Waals surface area contributed by atoms with Gasteiger partial charge in [-0.1, -0.05) is 19.1 Å². The molecular weight excluding hydrogens is 346 g/mol. The maximum Gasteiger partial charge on any atom is 0.297 e. The molecule has 0 radical (unpaired) electrons. The van der Waals surface area contributed by atoms with Crippen molar-refractivity contribution >= 4 is 22.6 Å². The fourth-order valence-corrected chi connectivity index (χ4v) is 3.59. The van der Waals surface area contributed by atoms with E-state index >= 15 is 0 Å². The Morgan fingerprint density at radius 3 is 2.85 bits per heavy atom. The number of para-hydroxylation sites is 2. The van der Waals surface area contributed by atoms with E-state index in [-0.39, 0.29) is 29.8 Å². The summed E-state index contributed by atoms with van der Waals surface area (Å²) in [5.41, 5.74) is 1.46. The van der Waals surface area contributed by atoms with E-state index in [0.717, 1.165) is 43.6 Å². The minimum atomic E-state index is -0.309. The van der Waals surface area contributed by atoms with Crippen LogP contribution in [0, 0.1) is 0 Å². The molecule has 0 bridgehead atoms. The molecule has 1 unspecified atom stereocenters. The minimum absolute atomic E-state index is 0.0570. The maximum absolute atomic E-state index is 13.0. The SMILES string of the molecule is CCCc1nnc2c(=O)n(CC(=O)NCC3CCCO3)c3ccccc3n12. The number of aryl methyl sites for hydroxylation is 1. The Balaban J connectivity index is 1.70. The van der Waals surface area contributed by atoms with Crippen LogP contribution >= 0.6 is 0 Å². The molecule has 1 fully saturated rings. The molecule has 27 heavy (non-hydrogen) atoms. The number of fused-ring (bicyclic) bond motifs is 3. The van der Waals surface area contributed by atoms with E-state index in [1.807, 2.05) is 28.7 Å². The molecule has 3 heterocycles. The predicted molar refractivity (Wildman–Crippen MR) is 101 cm³/mol. The van der Waals surface area contributed by atoms with Gasteiger partial charge in [0.2, 0.25) is 11.6 Å². The van der Waals surface area contributed by atoms with Gasteiger partial charge in [0.25, 0.3) is 5.56 Å². The Labute approximate surface area is 156 Å². The van der Waals surface area contributed by atoms with Gasteiger partial charge in [-0.15, -0.1) is 10.2 Å². The summed E-state index contributed by atoms with van der Waals surface area (Å²) in [4.78, 5) is 25.4. The van der Waals surface area contributed by atoms with Crippen molar-refractivity contribution in [2.75, 3.05) is 13.2 Å². The van der Waals surface area contributed by atoms with Crippen molar-refractivity contribution in [3.8, 4) is 0 Å². The zero-order valence-electron chi connectivity index (χ0n) is 15.4. The maximum atomic E-state index is 13.0. The molecule has 8 nitrogen and oxygen atoms in total. The van der Waals surface area contributed by atoms with Crippen LogP contribution in [-0.4, -0.2) is 44.3 Å². The molecule has 8 heteroatoms. The molecule has 1 atom stereocenters.